The summed E-state index contributed by atoms with van der Waals surface area (Å²) >= 11 is 0. The first-order chi connectivity index (χ1) is 11.2. The third-order valence-corrected chi connectivity index (χ3v) is 4.06. The highest BCUT2D eigenvalue weighted by Crippen LogP contribution is 2.20. The van der Waals surface area contributed by atoms with Crippen molar-refractivity contribution in [1.29, 1.82) is 0 Å². The SMILES string of the molecule is CC(C)c1cc(NCc2ccc3cc[nH]c3c2)n2nccc2n1. The molecule has 3 heterocycles. The molecule has 23 heavy (non-hydrogen) atoms. The van der Waals surface area contributed by atoms with Gasteiger partial charge in [-0.2, -0.15) is 9.61 Å². The van der Waals surface area contributed by atoms with E-state index in [1.54, 1.807) is 6.20 Å². The molecule has 4 rings (SSSR count). The van der Waals surface area contributed by atoms with Gasteiger partial charge in [0, 0.05) is 36.1 Å². The van der Waals surface area contributed by atoms with Crippen LogP contribution in [0.5, 0.6) is 0 Å². The summed E-state index contributed by atoms with van der Waals surface area (Å²) in [5, 5.41) is 9.08. The Hall–Kier alpha value is -2.82. The molecular weight excluding hydrogens is 286 g/mol. The van der Waals surface area contributed by atoms with Gasteiger partial charge >= 0.3 is 0 Å². The zero-order valence-electron chi connectivity index (χ0n) is 13.2. The molecular formula is C18H19N5. The minimum absolute atomic E-state index is 0.380. The first-order valence-electron chi connectivity index (χ1n) is 7.85. The molecule has 116 valence electrons. The lowest BCUT2D eigenvalue weighted by Gasteiger charge is -2.12. The predicted octanol–water partition coefficient (Wildman–Crippen LogP) is 3.95. The average molecular weight is 305 g/mol. The number of anilines is 1. The van der Waals surface area contributed by atoms with E-state index in [1.807, 2.05) is 16.8 Å². The number of H-pyrrole nitrogens is 1. The molecule has 1 aromatic carbocycles. The Morgan fingerprint density at radius 2 is 2.09 bits per heavy atom. The van der Waals surface area contributed by atoms with Crippen molar-refractivity contribution in [2.45, 2.75) is 26.3 Å². The Morgan fingerprint density at radius 1 is 1.17 bits per heavy atom. The zero-order valence-corrected chi connectivity index (χ0v) is 13.2. The van der Waals surface area contributed by atoms with Crippen LogP contribution in [-0.4, -0.2) is 19.6 Å². The number of rotatable bonds is 4. The summed E-state index contributed by atoms with van der Waals surface area (Å²) in [4.78, 5) is 7.89. The maximum Gasteiger partial charge on any atom is 0.157 e. The average Bonchev–Trinajstić information content (AvgIpc) is 3.20. The monoisotopic (exact) mass is 305 g/mol. The lowest BCUT2D eigenvalue weighted by atomic mass is 10.1. The molecule has 0 saturated carbocycles. The summed E-state index contributed by atoms with van der Waals surface area (Å²) in [6.45, 7) is 5.04. The third kappa shape index (κ3) is 2.54. The number of fused-ring (bicyclic) bond motifs is 2. The molecule has 0 unspecified atom stereocenters. The van der Waals surface area contributed by atoms with Crippen LogP contribution in [0, 0.1) is 0 Å². The van der Waals surface area contributed by atoms with Gasteiger partial charge in [0.2, 0.25) is 0 Å². The van der Waals surface area contributed by atoms with E-state index < -0.39 is 0 Å². The predicted molar refractivity (Wildman–Crippen MR) is 92.7 cm³/mol. The van der Waals surface area contributed by atoms with Gasteiger partial charge in [-0.25, -0.2) is 4.98 Å². The van der Waals surface area contributed by atoms with E-state index in [1.165, 1.54) is 10.9 Å². The molecule has 0 aliphatic carbocycles. The Balaban J connectivity index is 1.65. The fourth-order valence-electron chi connectivity index (χ4n) is 2.75. The van der Waals surface area contributed by atoms with Gasteiger partial charge in [-0.1, -0.05) is 26.0 Å². The highest BCUT2D eigenvalue weighted by molar-refractivity contribution is 5.79. The first-order valence-corrected chi connectivity index (χ1v) is 7.85. The Bertz CT molecular complexity index is 964. The van der Waals surface area contributed by atoms with Gasteiger partial charge in [-0.3, -0.25) is 0 Å². The molecule has 5 nitrogen and oxygen atoms in total. The highest BCUT2D eigenvalue weighted by Gasteiger charge is 2.09. The molecule has 3 aromatic heterocycles. The molecule has 0 aliphatic rings. The second-order valence-corrected chi connectivity index (χ2v) is 6.07. The Kier molecular flexibility index (Phi) is 3.26. The van der Waals surface area contributed by atoms with E-state index in [0.717, 1.165) is 29.2 Å². The molecule has 2 N–H and O–H groups in total. The summed E-state index contributed by atoms with van der Waals surface area (Å²) in [6, 6.07) is 12.6. The molecule has 0 bridgehead atoms. The normalized spacial score (nSPS) is 11.6. The van der Waals surface area contributed by atoms with Crippen molar-refractivity contribution < 1.29 is 0 Å². The number of benzene rings is 1. The Labute approximate surface area is 134 Å². The standard InChI is InChI=1S/C18H19N5/c1-12(2)15-10-18(23-17(22-15)6-8-21-23)20-11-13-3-4-14-5-7-19-16(14)9-13/h3-10,12,19-20H,11H2,1-2H3. The summed E-state index contributed by atoms with van der Waals surface area (Å²) in [5.41, 5.74) is 4.33. The highest BCUT2D eigenvalue weighted by atomic mass is 15.3. The van der Waals surface area contributed by atoms with Crippen LogP contribution in [0.25, 0.3) is 16.6 Å². The number of aromatic nitrogens is 4. The lowest BCUT2D eigenvalue weighted by Crippen LogP contribution is -2.08. The van der Waals surface area contributed by atoms with E-state index in [4.69, 9.17) is 0 Å². The number of nitrogens with zero attached hydrogens (tertiary/aromatic N) is 3. The number of aromatic amines is 1. The number of hydrogen-bond donors (Lipinski definition) is 2. The Morgan fingerprint density at radius 3 is 2.96 bits per heavy atom. The molecule has 0 atom stereocenters. The number of hydrogen-bond acceptors (Lipinski definition) is 3. The van der Waals surface area contributed by atoms with Crippen LogP contribution in [0.4, 0.5) is 5.82 Å². The van der Waals surface area contributed by atoms with Gasteiger partial charge in [0.1, 0.15) is 5.82 Å². The quantitative estimate of drug-likeness (QED) is 0.600. The largest absolute Gasteiger partial charge is 0.366 e. The van der Waals surface area contributed by atoms with Gasteiger partial charge in [0.05, 0.1) is 6.20 Å². The summed E-state index contributed by atoms with van der Waals surface area (Å²) in [7, 11) is 0. The van der Waals surface area contributed by atoms with E-state index in [2.05, 4.69) is 64.6 Å². The smallest absolute Gasteiger partial charge is 0.157 e. The second kappa shape index (κ2) is 5.43. The second-order valence-electron chi connectivity index (χ2n) is 6.07. The summed E-state index contributed by atoms with van der Waals surface area (Å²) in [5.74, 6) is 1.35. The third-order valence-electron chi connectivity index (χ3n) is 4.06. The minimum atomic E-state index is 0.380. The first kappa shape index (κ1) is 13.8. The van der Waals surface area contributed by atoms with Crippen LogP contribution in [-0.2, 0) is 6.54 Å². The van der Waals surface area contributed by atoms with Crippen LogP contribution in [0.1, 0.15) is 31.0 Å². The maximum absolute atomic E-state index is 4.64. The lowest BCUT2D eigenvalue weighted by molar-refractivity contribution is 0.808. The van der Waals surface area contributed by atoms with Gasteiger partial charge in [-0.15, -0.1) is 0 Å². The molecule has 0 saturated heterocycles. The molecule has 0 spiro atoms. The van der Waals surface area contributed by atoms with Crippen molar-refractivity contribution >= 4 is 22.4 Å². The summed E-state index contributed by atoms with van der Waals surface area (Å²) < 4.78 is 1.85. The molecule has 4 aromatic rings. The van der Waals surface area contributed by atoms with Crippen LogP contribution < -0.4 is 5.32 Å². The molecule has 0 fully saturated rings. The van der Waals surface area contributed by atoms with Crippen molar-refractivity contribution in [2.24, 2.45) is 0 Å². The van der Waals surface area contributed by atoms with E-state index in [-0.39, 0.29) is 0 Å². The van der Waals surface area contributed by atoms with E-state index >= 15 is 0 Å². The van der Waals surface area contributed by atoms with Gasteiger partial charge in [0.15, 0.2) is 5.65 Å². The number of nitrogens with one attached hydrogen (secondary N) is 2. The van der Waals surface area contributed by atoms with E-state index in [9.17, 15) is 0 Å². The van der Waals surface area contributed by atoms with Crippen LogP contribution in [0.3, 0.4) is 0 Å². The van der Waals surface area contributed by atoms with Crippen molar-refractivity contribution in [3.05, 3.63) is 60.0 Å². The maximum atomic E-state index is 4.64. The van der Waals surface area contributed by atoms with Crippen LogP contribution in [0.15, 0.2) is 48.8 Å². The summed E-state index contributed by atoms with van der Waals surface area (Å²) in [6.07, 6.45) is 3.75. The van der Waals surface area contributed by atoms with Gasteiger partial charge in [-0.05, 0) is 29.0 Å². The van der Waals surface area contributed by atoms with Crippen molar-refractivity contribution in [3.8, 4) is 0 Å². The van der Waals surface area contributed by atoms with Crippen LogP contribution in [0.2, 0.25) is 0 Å². The molecule has 5 heteroatoms. The molecule has 0 amide bonds. The van der Waals surface area contributed by atoms with Gasteiger partial charge < -0.3 is 10.3 Å². The minimum Gasteiger partial charge on any atom is -0.366 e. The zero-order chi connectivity index (χ0) is 15.8. The van der Waals surface area contributed by atoms with Crippen LogP contribution >= 0.6 is 0 Å². The molecule has 0 radical (unpaired) electrons. The van der Waals surface area contributed by atoms with Gasteiger partial charge in [0.25, 0.3) is 0 Å². The molecule has 0 aliphatic heterocycles. The van der Waals surface area contributed by atoms with Crippen molar-refractivity contribution in [3.63, 3.8) is 0 Å². The van der Waals surface area contributed by atoms with Crippen molar-refractivity contribution in [2.75, 3.05) is 5.32 Å². The topological polar surface area (TPSA) is 58.0 Å². The van der Waals surface area contributed by atoms with Crippen molar-refractivity contribution in [1.82, 2.24) is 19.6 Å². The van der Waals surface area contributed by atoms with E-state index in [0.29, 0.717) is 5.92 Å². The fraction of sp³-hybridized carbons (Fsp3) is 0.222. The fourth-order valence-corrected chi connectivity index (χ4v) is 2.75.